The van der Waals surface area contributed by atoms with Gasteiger partial charge in [0.2, 0.25) is 5.91 Å². The molecule has 1 saturated heterocycles. The summed E-state index contributed by atoms with van der Waals surface area (Å²) in [5.74, 6) is 1.80. The number of hydrogen-bond donors (Lipinski definition) is 0. The topological polar surface area (TPSA) is 42.7 Å². The number of nitrogens with zero attached hydrogens (tertiary/aromatic N) is 1. The maximum Gasteiger partial charge on any atom is 0.247 e. The zero-order valence-electron chi connectivity index (χ0n) is 17.2. The number of hydrogen-bond acceptors (Lipinski definition) is 3. The molecule has 1 aliphatic rings. The molecule has 0 spiro atoms. The number of fused-ring (bicyclic) bond motifs is 1. The minimum atomic E-state index is 0.113. The van der Waals surface area contributed by atoms with E-state index in [4.69, 9.17) is 9.15 Å². The quantitative estimate of drug-likeness (QED) is 0.640. The van der Waals surface area contributed by atoms with Crippen LogP contribution in [0, 0.1) is 13.8 Å². The van der Waals surface area contributed by atoms with Crippen LogP contribution in [0.4, 0.5) is 0 Å². The van der Waals surface area contributed by atoms with Crippen LogP contribution < -0.4 is 4.74 Å². The molecule has 27 heavy (non-hydrogen) atoms. The summed E-state index contributed by atoms with van der Waals surface area (Å²) in [4.78, 5) is 15.0. The van der Waals surface area contributed by atoms with E-state index in [9.17, 15) is 4.79 Å². The van der Waals surface area contributed by atoms with Crippen LogP contribution in [0.15, 0.2) is 22.6 Å². The molecule has 0 bridgehead atoms. The van der Waals surface area contributed by atoms with Crippen molar-refractivity contribution in [3.05, 3.63) is 35.1 Å². The molecule has 4 heteroatoms. The third-order valence-electron chi connectivity index (χ3n) is 5.72. The lowest BCUT2D eigenvalue weighted by molar-refractivity contribution is -0.129. The van der Waals surface area contributed by atoms with E-state index in [1.54, 1.807) is 6.08 Å². The molecule has 0 N–H and O–H groups in total. The summed E-state index contributed by atoms with van der Waals surface area (Å²) < 4.78 is 11.7. The third kappa shape index (κ3) is 3.90. The van der Waals surface area contributed by atoms with Crippen LogP contribution in [0.3, 0.4) is 0 Å². The summed E-state index contributed by atoms with van der Waals surface area (Å²) in [5, 5.41) is 1.08. The molecule has 0 aliphatic carbocycles. The number of allylic oxidation sites excluding steroid dienone is 1. The molecule has 3 rings (SSSR count). The summed E-state index contributed by atoms with van der Waals surface area (Å²) >= 11 is 0. The molecule has 0 radical (unpaired) electrons. The van der Waals surface area contributed by atoms with Crippen LogP contribution in [0.25, 0.3) is 16.5 Å². The first-order valence-corrected chi connectivity index (χ1v) is 10.1. The van der Waals surface area contributed by atoms with Crippen LogP contribution in [0.2, 0.25) is 0 Å². The highest BCUT2D eigenvalue weighted by Gasteiger charge is 2.24. The van der Waals surface area contributed by atoms with Gasteiger partial charge >= 0.3 is 0 Å². The second-order valence-corrected chi connectivity index (χ2v) is 7.48. The Hall–Kier alpha value is -2.23. The van der Waals surface area contributed by atoms with Crippen molar-refractivity contribution in [1.29, 1.82) is 0 Å². The molecule has 1 amide bonds. The van der Waals surface area contributed by atoms with Crippen LogP contribution in [-0.2, 0) is 4.79 Å². The van der Waals surface area contributed by atoms with Crippen molar-refractivity contribution in [3.63, 3.8) is 0 Å². The van der Waals surface area contributed by atoms with E-state index in [1.165, 1.54) is 6.42 Å². The Morgan fingerprint density at radius 3 is 2.78 bits per heavy atom. The fourth-order valence-corrected chi connectivity index (χ4v) is 4.01. The van der Waals surface area contributed by atoms with Crippen molar-refractivity contribution >= 4 is 22.4 Å². The monoisotopic (exact) mass is 369 g/mol. The highest BCUT2D eigenvalue weighted by Crippen LogP contribution is 2.35. The number of benzene rings is 1. The minimum Gasteiger partial charge on any atom is -0.493 e. The molecular formula is C23H31NO3. The predicted octanol–water partition coefficient (Wildman–Crippen LogP) is 5.64. The fourth-order valence-electron chi connectivity index (χ4n) is 4.01. The van der Waals surface area contributed by atoms with E-state index in [0.29, 0.717) is 12.6 Å². The number of ether oxygens (including phenoxy) is 1. The molecule has 1 aliphatic heterocycles. The number of carbonyl (C=O) groups is 1. The Bertz CT molecular complexity index is 862. The molecule has 1 unspecified atom stereocenters. The van der Waals surface area contributed by atoms with Gasteiger partial charge in [-0.2, -0.15) is 0 Å². The van der Waals surface area contributed by atoms with Crippen LogP contribution in [0.1, 0.15) is 63.3 Å². The zero-order valence-corrected chi connectivity index (χ0v) is 17.2. The average molecular weight is 370 g/mol. The van der Waals surface area contributed by atoms with E-state index in [0.717, 1.165) is 65.0 Å². The standard InChI is InChI=1S/C23H31NO3/c1-6-18-10-8-9-11-24(18)23(25)12-15(3)19-13-20-16(4)17(5)27-22(20)14-21(19)26-7-2/h12-14,18H,6-11H2,1-5H3/b15-12+. The van der Waals surface area contributed by atoms with Crippen molar-refractivity contribution in [2.75, 3.05) is 13.2 Å². The molecular weight excluding hydrogens is 338 g/mol. The molecule has 4 nitrogen and oxygen atoms in total. The molecule has 1 fully saturated rings. The van der Waals surface area contributed by atoms with E-state index < -0.39 is 0 Å². The number of piperidine rings is 1. The SMILES string of the molecule is CCOc1cc2oc(C)c(C)c2cc1/C(C)=C/C(=O)N1CCCCC1CC. The van der Waals surface area contributed by atoms with Crippen molar-refractivity contribution in [2.45, 2.75) is 66.3 Å². The lowest BCUT2D eigenvalue weighted by Gasteiger charge is -2.34. The van der Waals surface area contributed by atoms with Gasteiger partial charge in [-0.25, -0.2) is 0 Å². The summed E-state index contributed by atoms with van der Waals surface area (Å²) in [6.07, 6.45) is 6.22. The molecule has 2 heterocycles. The second kappa shape index (κ2) is 8.20. The first kappa shape index (κ1) is 19.5. The van der Waals surface area contributed by atoms with Gasteiger partial charge in [0.1, 0.15) is 17.1 Å². The molecule has 146 valence electrons. The Kier molecular flexibility index (Phi) is 5.93. The number of amides is 1. The maximum atomic E-state index is 12.9. The Balaban J connectivity index is 1.98. The summed E-state index contributed by atoms with van der Waals surface area (Å²) in [6.45, 7) is 11.6. The number of likely N-dealkylation sites (tertiary alicyclic amines) is 1. The molecule has 1 aromatic heterocycles. The molecule has 2 aromatic rings. The van der Waals surface area contributed by atoms with Crippen LogP contribution >= 0.6 is 0 Å². The van der Waals surface area contributed by atoms with Gasteiger partial charge in [0, 0.05) is 35.7 Å². The lowest BCUT2D eigenvalue weighted by Crippen LogP contribution is -2.42. The lowest BCUT2D eigenvalue weighted by atomic mass is 9.98. The average Bonchev–Trinajstić information content (AvgIpc) is 2.94. The zero-order chi connectivity index (χ0) is 19.6. The van der Waals surface area contributed by atoms with Gasteiger partial charge in [-0.3, -0.25) is 4.79 Å². The van der Waals surface area contributed by atoms with Crippen molar-refractivity contribution in [3.8, 4) is 5.75 Å². The Labute approximate surface area is 162 Å². The predicted molar refractivity (Wildman–Crippen MR) is 110 cm³/mol. The van der Waals surface area contributed by atoms with Crippen LogP contribution in [0.5, 0.6) is 5.75 Å². The van der Waals surface area contributed by atoms with Gasteiger partial charge in [-0.05, 0) is 70.6 Å². The van der Waals surface area contributed by atoms with Crippen molar-refractivity contribution < 1.29 is 13.9 Å². The van der Waals surface area contributed by atoms with E-state index in [-0.39, 0.29) is 5.91 Å². The van der Waals surface area contributed by atoms with Gasteiger partial charge in [0.25, 0.3) is 0 Å². The molecule has 1 aromatic carbocycles. The van der Waals surface area contributed by atoms with Crippen molar-refractivity contribution in [2.24, 2.45) is 0 Å². The van der Waals surface area contributed by atoms with Gasteiger partial charge in [-0.1, -0.05) is 6.92 Å². The summed E-state index contributed by atoms with van der Waals surface area (Å²) in [5.41, 5.74) is 3.87. The van der Waals surface area contributed by atoms with Gasteiger partial charge in [0.05, 0.1) is 6.61 Å². The van der Waals surface area contributed by atoms with E-state index >= 15 is 0 Å². The van der Waals surface area contributed by atoms with Crippen molar-refractivity contribution in [1.82, 2.24) is 4.90 Å². The van der Waals surface area contributed by atoms with E-state index in [2.05, 4.69) is 19.9 Å². The van der Waals surface area contributed by atoms with Crippen LogP contribution in [-0.4, -0.2) is 30.0 Å². The maximum absolute atomic E-state index is 12.9. The Morgan fingerprint density at radius 2 is 2.07 bits per heavy atom. The number of carbonyl (C=O) groups excluding carboxylic acids is 1. The smallest absolute Gasteiger partial charge is 0.247 e. The summed E-state index contributed by atoms with van der Waals surface area (Å²) in [7, 11) is 0. The number of furan rings is 1. The first-order valence-electron chi connectivity index (χ1n) is 10.1. The van der Waals surface area contributed by atoms with E-state index in [1.807, 2.05) is 31.7 Å². The van der Waals surface area contributed by atoms with Gasteiger partial charge in [0.15, 0.2) is 0 Å². The first-order chi connectivity index (χ1) is 13.0. The number of aryl methyl sites for hydroxylation is 2. The highest BCUT2D eigenvalue weighted by atomic mass is 16.5. The highest BCUT2D eigenvalue weighted by molar-refractivity contribution is 5.97. The molecule has 1 atom stereocenters. The fraction of sp³-hybridized carbons (Fsp3) is 0.522. The molecule has 0 saturated carbocycles. The minimum absolute atomic E-state index is 0.113. The normalized spacial score (nSPS) is 18.2. The summed E-state index contributed by atoms with van der Waals surface area (Å²) in [6, 6.07) is 4.41. The number of rotatable bonds is 5. The largest absolute Gasteiger partial charge is 0.493 e. The van der Waals surface area contributed by atoms with Gasteiger partial charge in [-0.15, -0.1) is 0 Å². The second-order valence-electron chi connectivity index (χ2n) is 7.48. The van der Waals surface area contributed by atoms with Gasteiger partial charge < -0.3 is 14.1 Å². The Morgan fingerprint density at radius 1 is 1.30 bits per heavy atom. The third-order valence-corrected chi connectivity index (χ3v) is 5.72.